The highest BCUT2D eigenvalue weighted by atomic mass is 32.1. The lowest BCUT2D eigenvalue weighted by molar-refractivity contribution is -0.0568. The van der Waals surface area contributed by atoms with Crippen molar-refractivity contribution >= 4 is 11.3 Å². The first-order valence-electron chi connectivity index (χ1n) is 10.4. The van der Waals surface area contributed by atoms with E-state index in [1.54, 1.807) is 11.3 Å². The molecule has 0 bridgehead atoms. The Kier molecular flexibility index (Phi) is 9.17. The fraction of sp³-hybridized carbons (Fsp3) is 0.462. The normalized spacial score (nSPS) is 12.2. The molecule has 0 spiro atoms. The van der Waals surface area contributed by atoms with Crippen LogP contribution in [0, 0.1) is 17.3 Å². The van der Waals surface area contributed by atoms with Gasteiger partial charge in [0.2, 0.25) is 0 Å². The van der Waals surface area contributed by atoms with Crippen LogP contribution in [-0.2, 0) is 17.9 Å². The minimum absolute atomic E-state index is 0.0419. The highest BCUT2D eigenvalue weighted by molar-refractivity contribution is 7.07. The van der Waals surface area contributed by atoms with E-state index in [2.05, 4.69) is 93.4 Å². The first-order valence-corrected chi connectivity index (χ1v) is 11.3. The molecular formula is C26H35NO2S. The molecule has 3 nitrogen and oxygen atoms in total. The standard InChI is InChI=1S/C26H35NO2S/c1-25(2,3)14-8-7-9-15-27(6)18-22-11-10-12-24(17-22)28-21-26(4,5)29-19-23-13-16-30-20-23/h7,9-13,16-17,20H,15,18-19,21H2,1-6H3/b9-7+. The average Bonchev–Trinajstić information content (AvgIpc) is 3.18. The van der Waals surface area contributed by atoms with Crippen molar-refractivity contribution in [3.05, 3.63) is 64.4 Å². The van der Waals surface area contributed by atoms with Gasteiger partial charge in [0.1, 0.15) is 12.4 Å². The summed E-state index contributed by atoms with van der Waals surface area (Å²) in [7, 11) is 2.11. The average molecular weight is 426 g/mol. The SMILES string of the molecule is CN(C/C=C/C#CC(C)(C)C)Cc1cccc(OCC(C)(C)OCc2ccsc2)c1. The summed E-state index contributed by atoms with van der Waals surface area (Å²) >= 11 is 1.69. The van der Waals surface area contributed by atoms with E-state index in [4.69, 9.17) is 9.47 Å². The van der Waals surface area contributed by atoms with Gasteiger partial charge in [-0.25, -0.2) is 0 Å². The Morgan fingerprint density at radius 1 is 1.10 bits per heavy atom. The fourth-order valence-corrected chi connectivity index (χ4v) is 3.27. The molecule has 1 heterocycles. The van der Waals surface area contributed by atoms with Gasteiger partial charge in [0, 0.05) is 18.5 Å². The molecule has 0 aliphatic rings. The molecule has 0 aliphatic heterocycles. The first kappa shape index (κ1) is 24.2. The van der Waals surface area contributed by atoms with Crippen LogP contribution >= 0.6 is 11.3 Å². The monoisotopic (exact) mass is 425 g/mol. The van der Waals surface area contributed by atoms with Crippen LogP contribution in [0.4, 0.5) is 0 Å². The van der Waals surface area contributed by atoms with Crippen LogP contribution in [0.2, 0.25) is 0 Å². The van der Waals surface area contributed by atoms with E-state index in [-0.39, 0.29) is 11.0 Å². The van der Waals surface area contributed by atoms with Gasteiger partial charge in [0.15, 0.2) is 0 Å². The topological polar surface area (TPSA) is 21.7 Å². The molecule has 30 heavy (non-hydrogen) atoms. The van der Waals surface area contributed by atoms with Gasteiger partial charge in [0.25, 0.3) is 0 Å². The van der Waals surface area contributed by atoms with Gasteiger partial charge in [0.05, 0.1) is 12.2 Å². The largest absolute Gasteiger partial charge is 0.491 e. The van der Waals surface area contributed by atoms with Gasteiger partial charge >= 0.3 is 0 Å². The van der Waals surface area contributed by atoms with Crippen LogP contribution in [-0.4, -0.2) is 30.7 Å². The summed E-state index contributed by atoms with van der Waals surface area (Å²) in [6.07, 6.45) is 4.05. The van der Waals surface area contributed by atoms with Crippen LogP contribution in [0.15, 0.2) is 53.2 Å². The van der Waals surface area contributed by atoms with E-state index in [0.717, 1.165) is 18.8 Å². The Labute approximate surface area is 186 Å². The van der Waals surface area contributed by atoms with Crippen LogP contribution in [0.1, 0.15) is 45.7 Å². The Bertz CT molecular complexity index is 851. The molecule has 0 amide bonds. The van der Waals surface area contributed by atoms with Crippen molar-refractivity contribution in [2.45, 2.75) is 53.4 Å². The lowest BCUT2D eigenvalue weighted by atomic mass is 9.98. The van der Waals surface area contributed by atoms with Crippen molar-refractivity contribution in [3.63, 3.8) is 0 Å². The third kappa shape index (κ3) is 10.1. The summed E-state index contributed by atoms with van der Waals surface area (Å²) in [6, 6.07) is 10.4. The van der Waals surface area contributed by atoms with E-state index in [1.165, 1.54) is 11.1 Å². The second kappa shape index (κ2) is 11.4. The minimum Gasteiger partial charge on any atom is -0.491 e. The van der Waals surface area contributed by atoms with Gasteiger partial charge in [-0.1, -0.05) is 30.0 Å². The summed E-state index contributed by atoms with van der Waals surface area (Å²) < 4.78 is 12.1. The molecule has 1 aromatic heterocycles. The first-order chi connectivity index (χ1) is 14.1. The summed E-state index contributed by atoms with van der Waals surface area (Å²) in [5, 5.41) is 4.18. The summed E-state index contributed by atoms with van der Waals surface area (Å²) in [4.78, 5) is 2.25. The van der Waals surface area contributed by atoms with Crippen LogP contribution in [0.3, 0.4) is 0 Å². The third-order valence-corrected chi connectivity index (χ3v) is 4.94. The second-order valence-electron chi connectivity index (χ2n) is 9.23. The maximum atomic E-state index is 6.03. The Morgan fingerprint density at radius 3 is 2.60 bits per heavy atom. The second-order valence-corrected chi connectivity index (χ2v) is 10.0. The van der Waals surface area contributed by atoms with Gasteiger partial charge < -0.3 is 9.47 Å². The van der Waals surface area contributed by atoms with E-state index >= 15 is 0 Å². The van der Waals surface area contributed by atoms with E-state index in [0.29, 0.717) is 13.2 Å². The molecule has 0 fully saturated rings. The lowest BCUT2D eigenvalue weighted by Crippen LogP contribution is -2.32. The van der Waals surface area contributed by atoms with Crippen molar-refractivity contribution in [2.75, 3.05) is 20.2 Å². The maximum absolute atomic E-state index is 6.03. The summed E-state index contributed by atoms with van der Waals surface area (Å²) in [5.74, 6) is 7.20. The van der Waals surface area contributed by atoms with Crippen LogP contribution < -0.4 is 4.74 Å². The number of ether oxygens (including phenoxy) is 2. The smallest absolute Gasteiger partial charge is 0.119 e. The zero-order valence-electron chi connectivity index (χ0n) is 19.2. The maximum Gasteiger partial charge on any atom is 0.119 e. The molecule has 0 radical (unpaired) electrons. The molecule has 0 saturated carbocycles. The summed E-state index contributed by atoms with van der Waals surface area (Å²) in [6.45, 7) is 13.3. The van der Waals surface area contributed by atoms with Gasteiger partial charge in [-0.3, -0.25) is 4.90 Å². The van der Waals surface area contributed by atoms with Crippen molar-refractivity contribution in [1.82, 2.24) is 4.90 Å². The number of allylic oxidation sites excluding steroid dienone is 1. The molecule has 0 saturated heterocycles. The van der Waals surface area contributed by atoms with E-state index in [1.807, 2.05) is 18.2 Å². The van der Waals surface area contributed by atoms with Gasteiger partial charge in [-0.2, -0.15) is 11.3 Å². The quantitative estimate of drug-likeness (QED) is 0.426. The highest BCUT2D eigenvalue weighted by Crippen LogP contribution is 2.19. The van der Waals surface area contributed by atoms with Crippen LogP contribution in [0.5, 0.6) is 5.75 Å². The minimum atomic E-state index is -0.354. The molecule has 0 atom stereocenters. The van der Waals surface area contributed by atoms with Crippen molar-refractivity contribution in [3.8, 4) is 17.6 Å². The van der Waals surface area contributed by atoms with Crippen molar-refractivity contribution in [1.29, 1.82) is 0 Å². The number of hydrogen-bond acceptors (Lipinski definition) is 4. The predicted molar refractivity (Wildman–Crippen MR) is 128 cm³/mol. The molecule has 0 aliphatic carbocycles. The number of rotatable bonds is 10. The fourth-order valence-electron chi connectivity index (χ4n) is 2.61. The Morgan fingerprint density at radius 2 is 1.90 bits per heavy atom. The lowest BCUT2D eigenvalue weighted by Gasteiger charge is -2.25. The molecule has 162 valence electrons. The molecule has 4 heteroatoms. The zero-order chi connectivity index (χ0) is 22.0. The Hall–Kier alpha value is -2.06. The zero-order valence-corrected chi connectivity index (χ0v) is 20.0. The molecule has 1 aromatic carbocycles. The predicted octanol–water partition coefficient (Wildman–Crippen LogP) is 6.16. The van der Waals surface area contributed by atoms with Crippen molar-refractivity contribution < 1.29 is 9.47 Å². The molecule has 0 N–H and O–H groups in total. The number of benzene rings is 1. The highest BCUT2D eigenvalue weighted by Gasteiger charge is 2.20. The Balaban J connectivity index is 1.80. The van der Waals surface area contributed by atoms with Crippen LogP contribution in [0.25, 0.3) is 0 Å². The third-order valence-electron chi connectivity index (χ3n) is 4.21. The molecule has 2 aromatic rings. The van der Waals surface area contributed by atoms with Crippen molar-refractivity contribution in [2.24, 2.45) is 5.41 Å². The number of nitrogens with zero attached hydrogens (tertiary/aromatic N) is 1. The number of likely N-dealkylation sites (N-methyl/N-ethyl adjacent to an activating group) is 1. The summed E-state index contributed by atoms with van der Waals surface area (Å²) in [5.41, 5.74) is 2.12. The van der Waals surface area contributed by atoms with E-state index in [9.17, 15) is 0 Å². The molecule has 2 rings (SSSR count). The molecule has 0 unspecified atom stereocenters. The molecular weight excluding hydrogens is 390 g/mol. The van der Waals surface area contributed by atoms with Gasteiger partial charge in [-0.15, -0.1) is 0 Å². The van der Waals surface area contributed by atoms with E-state index < -0.39 is 0 Å². The number of thiophene rings is 1. The number of hydrogen-bond donors (Lipinski definition) is 0. The van der Waals surface area contributed by atoms with Gasteiger partial charge in [-0.05, 0) is 87.8 Å².